The molecular formula is C10H10FNO2. The molecule has 1 fully saturated rings. The molecule has 0 spiro atoms. The van der Waals surface area contributed by atoms with Gasteiger partial charge in [0.1, 0.15) is 11.9 Å². The highest BCUT2D eigenvalue weighted by atomic mass is 19.1. The molecule has 1 heterocycles. The lowest BCUT2D eigenvalue weighted by molar-refractivity contribution is 0.141. The predicted molar refractivity (Wildman–Crippen MR) is 48.2 cm³/mol. The maximum absolute atomic E-state index is 12.9. The molecule has 14 heavy (non-hydrogen) atoms. The van der Waals surface area contributed by atoms with Crippen LogP contribution in [0.25, 0.3) is 0 Å². The largest absolute Gasteiger partial charge is 0.444 e. The number of carbonyl (C=O) groups is 1. The Morgan fingerprint density at radius 1 is 1.50 bits per heavy atom. The first-order valence-electron chi connectivity index (χ1n) is 4.39. The normalized spacial score (nSPS) is 25.7. The molecular weight excluding hydrogens is 185 g/mol. The van der Waals surface area contributed by atoms with Crippen LogP contribution < -0.4 is 5.32 Å². The van der Waals surface area contributed by atoms with Gasteiger partial charge >= 0.3 is 6.09 Å². The molecule has 1 aliphatic heterocycles. The van der Waals surface area contributed by atoms with Crippen LogP contribution in [-0.4, -0.2) is 12.2 Å². The Hall–Kier alpha value is -1.58. The summed E-state index contributed by atoms with van der Waals surface area (Å²) in [6, 6.07) is 5.89. The van der Waals surface area contributed by atoms with Gasteiger partial charge in [0.25, 0.3) is 0 Å². The number of halogens is 1. The number of nitrogens with one attached hydrogen (secondary N) is 1. The number of carbonyl (C=O) groups excluding carboxylic acids is 1. The molecule has 1 amide bonds. The summed E-state index contributed by atoms with van der Waals surface area (Å²) >= 11 is 0. The lowest BCUT2D eigenvalue weighted by atomic mass is 10.0. The predicted octanol–water partition coefficient (Wildman–Crippen LogP) is 2.00. The average molecular weight is 195 g/mol. The minimum absolute atomic E-state index is 0.252. The maximum Gasteiger partial charge on any atom is 0.408 e. The molecule has 1 aromatic carbocycles. The van der Waals surface area contributed by atoms with E-state index in [1.807, 2.05) is 0 Å². The third-order valence-electron chi connectivity index (χ3n) is 2.24. The molecule has 0 bridgehead atoms. The van der Waals surface area contributed by atoms with Gasteiger partial charge in [0, 0.05) is 0 Å². The summed E-state index contributed by atoms with van der Waals surface area (Å²) in [5.41, 5.74) is 0.725. The van der Waals surface area contributed by atoms with Crippen LogP contribution in [0.15, 0.2) is 24.3 Å². The standard InChI is InChI=1S/C10H10FNO2/c1-6-9(12-10(13)14-6)7-3-2-4-8(11)5-7/h2-6,9H,1H3,(H,12,13)/t6-,9-/m1/s1. The van der Waals surface area contributed by atoms with Crippen molar-refractivity contribution >= 4 is 6.09 Å². The van der Waals surface area contributed by atoms with Crippen LogP contribution >= 0.6 is 0 Å². The van der Waals surface area contributed by atoms with Gasteiger partial charge in [-0.3, -0.25) is 0 Å². The van der Waals surface area contributed by atoms with Crippen LogP contribution in [0, 0.1) is 5.82 Å². The van der Waals surface area contributed by atoms with E-state index in [0.29, 0.717) is 0 Å². The minimum Gasteiger partial charge on any atom is -0.444 e. The molecule has 74 valence electrons. The van der Waals surface area contributed by atoms with E-state index in [2.05, 4.69) is 5.32 Å². The Balaban J connectivity index is 2.27. The van der Waals surface area contributed by atoms with E-state index in [0.717, 1.165) is 5.56 Å². The summed E-state index contributed by atoms with van der Waals surface area (Å²) in [6.07, 6.45) is -0.712. The number of ether oxygens (including phenoxy) is 1. The maximum atomic E-state index is 12.9. The van der Waals surface area contributed by atoms with Gasteiger partial charge in [-0.15, -0.1) is 0 Å². The van der Waals surface area contributed by atoms with Crippen LogP contribution in [0.1, 0.15) is 18.5 Å². The summed E-state index contributed by atoms with van der Waals surface area (Å²) in [4.78, 5) is 10.9. The lowest BCUT2D eigenvalue weighted by Gasteiger charge is -2.12. The first-order valence-corrected chi connectivity index (χ1v) is 4.39. The van der Waals surface area contributed by atoms with Crippen LogP contribution in [0.3, 0.4) is 0 Å². The van der Waals surface area contributed by atoms with Crippen molar-refractivity contribution in [3.05, 3.63) is 35.6 Å². The van der Waals surface area contributed by atoms with Gasteiger partial charge in [-0.2, -0.15) is 0 Å². The number of rotatable bonds is 1. The third-order valence-corrected chi connectivity index (χ3v) is 2.24. The van der Waals surface area contributed by atoms with Crippen molar-refractivity contribution < 1.29 is 13.9 Å². The van der Waals surface area contributed by atoms with Crippen molar-refractivity contribution in [1.29, 1.82) is 0 Å². The molecule has 0 saturated carbocycles. The molecule has 2 atom stereocenters. The van der Waals surface area contributed by atoms with Gasteiger partial charge in [0.2, 0.25) is 0 Å². The van der Waals surface area contributed by atoms with Gasteiger partial charge in [-0.1, -0.05) is 12.1 Å². The second kappa shape index (κ2) is 3.29. The first-order chi connectivity index (χ1) is 6.66. The van der Waals surface area contributed by atoms with E-state index in [1.54, 1.807) is 19.1 Å². The Labute approximate surface area is 80.9 Å². The smallest absolute Gasteiger partial charge is 0.408 e. The summed E-state index contributed by atoms with van der Waals surface area (Å²) in [5.74, 6) is -0.309. The van der Waals surface area contributed by atoms with E-state index in [-0.39, 0.29) is 18.0 Å². The highest BCUT2D eigenvalue weighted by molar-refractivity contribution is 5.70. The average Bonchev–Trinajstić information content (AvgIpc) is 2.45. The highest BCUT2D eigenvalue weighted by Crippen LogP contribution is 2.24. The Morgan fingerprint density at radius 3 is 2.86 bits per heavy atom. The van der Waals surface area contributed by atoms with Crippen molar-refractivity contribution in [2.75, 3.05) is 0 Å². The second-order valence-electron chi connectivity index (χ2n) is 3.29. The second-order valence-corrected chi connectivity index (χ2v) is 3.29. The molecule has 0 aromatic heterocycles. The zero-order chi connectivity index (χ0) is 10.1. The monoisotopic (exact) mass is 195 g/mol. The fraction of sp³-hybridized carbons (Fsp3) is 0.300. The molecule has 4 heteroatoms. The van der Waals surface area contributed by atoms with E-state index in [1.165, 1.54) is 12.1 Å². The zero-order valence-corrected chi connectivity index (χ0v) is 7.66. The number of alkyl carbamates (subject to hydrolysis) is 1. The molecule has 1 saturated heterocycles. The van der Waals surface area contributed by atoms with E-state index in [9.17, 15) is 9.18 Å². The van der Waals surface area contributed by atoms with Crippen molar-refractivity contribution in [3.8, 4) is 0 Å². The van der Waals surface area contributed by atoms with Gasteiger partial charge < -0.3 is 10.1 Å². The first kappa shape index (κ1) is 8.99. The van der Waals surface area contributed by atoms with Gasteiger partial charge in [-0.25, -0.2) is 9.18 Å². The Bertz CT molecular complexity index is 367. The van der Waals surface area contributed by atoms with Crippen molar-refractivity contribution in [2.24, 2.45) is 0 Å². The molecule has 0 unspecified atom stereocenters. The molecule has 1 aliphatic rings. The van der Waals surface area contributed by atoms with E-state index in [4.69, 9.17) is 4.74 Å². The molecule has 0 radical (unpaired) electrons. The van der Waals surface area contributed by atoms with Crippen LogP contribution in [0.4, 0.5) is 9.18 Å². The van der Waals surface area contributed by atoms with Gasteiger partial charge in [-0.05, 0) is 24.6 Å². The number of hydrogen-bond donors (Lipinski definition) is 1. The van der Waals surface area contributed by atoms with Crippen molar-refractivity contribution in [1.82, 2.24) is 5.32 Å². The van der Waals surface area contributed by atoms with E-state index < -0.39 is 6.09 Å². The SMILES string of the molecule is C[C@H]1OC(=O)N[C@H]1c1cccc(F)c1. The lowest BCUT2D eigenvalue weighted by Crippen LogP contribution is -2.21. The fourth-order valence-corrected chi connectivity index (χ4v) is 1.57. The summed E-state index contributed by atoms with van der Waals surface area (Å²) in [5, 5.41) is 2.62. The zero-order valence-electron chi connectivity index (χ0n) is 7.66. The molecule has 2 rings (SSSR count). The quantitative estimate of drug-likeness (QED) is 0.744. The summed E-state index contributed by atoms with van der Waals surface area (Å²) in [7, 11) is 0. The fourth-order valence-electron chi connectivity index (χ4n) is 1.57. The third kappa shape index (κ3) is 1.55. The molecule has 1 N–H and O–H groups in total. The van der Waals surface area contributed by atoms with Gasteiger partial charge in [0.05, 0.1) is 6.04 Å². The van der Waals surface area contributed by atoms with Crippen LogP contribution in [0.5, 0.6) is 0 Å². The highest BCUT2D eigenvalue weighted by Gasteiger charge is 2.31. The minimum atomic E-state index is -0.452. The van der Waals surface area contributed by atoms with Crippen molar-refractivity contribution in [2.45, 2.75) is 19.1 Å². The number of cyclic esters (lactones) is 1. The van der Waals surface area contributed by atoms with Gasteiger partial charge in [0.15, 0.2) is 0 Å². The Morgan fingerprint density at radius 2 is 2.29 bits per heavy atom. The number of amides is 1. The van der Waals surface area contributed by atoms with Crippen molar-refractivity contribution in [3.63, 3.8) is 0 Å². The molecule has 1 aromatic rings. The molecule has 0 aliphatic carbocycles. The van der Waals surface area contributed by atoms with Crippen LogP contribution in [-0.2, 0) is 4.74 Å². The topological polar surface area (TPSA) is 38.3 Å². The van der Waals surface area contributed by atoms with E-state index >= 15 is 0 Å². The number of benzene rings is 1. The molecule has 3 nitrogen and oxygen atoms in total. The summed E-state index contributed by atoms with van der Waals surface area (Å²) < 4.78 is 17.8. The number of hydrogen-bond acceptors (Lipinski definition) is 2. The van der Waals surface area contributed by atoms with Crippen LogP contribution in [0.2, 0.25) is 0 Å². The Kier molecular flexibility index (Phi) is 2.11. The summed E-state index contributed by atoms with van der Waals surface area (Å²) in [6.45, 7) is 1.77.